The van der Waals surface area contributed by atoms with E-state index < -0.39 is 56.0 Å². The van der Waals surface area contributed by atoms with Crippen molar-refractivity contribution >= 4 is 15.9 Å². The second-order valence-corrected chi connectivity index (χ2v) is 10.8. The number of halogens is 9. The Morgan fingerprint density at radius 2 is 1.39 bits per heavy atom. The Balaban J connectivity index is 1.95. The fourth-order valence-corrected chi connectivity index (χ4v) is 4.69. The zero-order valence-electron chi connectivity index (χ0n) is 19.0. The summed E-state index contributed by atoms with van der Waals surface area (Å²) >= 11 is 0. The van der Waals surface area contributed by atoms with E-state index in [0.717, 1.165) is 0 Å². The maximum absolute atomic E-state index is 13.0. The summed E-state index contributed by atoms with van der Waals surface area (Å²) in [5.41, 5.74) is -10.9. The Morgan fingerprint density at radius 1 is 0.917 bits per heavy atom. The summed E-state index contributed by atoms with van der Waals surface area (Å²) in [6, 6.07) is 0.581. The molecule has 2 N–H and O–H groups in total. The van der Waals surface area contributed by atoms with Gasteiger partial charge in [0.15, 0.2) is 0 Å². The number of amides is 1. The van der Waals surface area contributed by atoms with Gasteiger partial charge in [-0.1, -0.05) is 0 Å². The number of hydrogen-bond donors (Lipinski definition) is 2. The van der Waals surface area contributed by atoms with E-state index in [1.54, 1.807) is 9.62 Å². The minimum atomic E-state index is -5.55. The van der Waals surface area contributed by atoms with Crippen LogP contribution in [0, 0.1) is 5.92 Å². The molecule has 0 radical (unpaired) electrons. The van der Waals surface area contributed by atoms with Gasteiger partial charge in [-0.05, 0) is 63.9 Å². The van der Waals surface area contributed by atoms with Gasteiger partial charge in [0.2, 0.25) is 0 Å². The molecule has 6 nitrogen and oxygen atoms in total. The Kier molecular flexibility index (Phi) is 8.68. The van der Waals surface area contributed by atoms with Gasteiger partial charge in [-0.15, -0.1) is 0 Å². The molecule has 0 atom stereocenters. The molecular weight excluding hydrogens is 533 g/mol. The minimum Gasteiger partial charge on any atom is -0.352 e. The van der Waals surface area contributed by atoms with Gasteiger partial charge in [0.1, 0.15) is 0 Å². The number of carbonyl (C=O) groups is 1. The predicted octanol–water partition coefficient (Wildman–Crippen LogP) is 4.38. The number of sulfonamides is 1. The third kappa shape index (κ3) is 8.23. The minimum absolute atomic E-state index is 0.0473. The van der Waals surface area contributed by atoms with E-state index in [-0.39, 0.29) is 25.1 Å². The van der Waals surface area contributed by atoms with Crippen molar-refractivity contribution in [1.29, 1.82) is 0 Å². The van der Waals surface area contributed by atoms with E-state index in [1.165, 1.54) is 13.8 Å². The summed E-state index contributed by atoms with van der Waals surface area (Å²) in [5, 5.41) is 2.33. The summed E-state index contributed by atoms with van der Waals surface area (Å²) in [4.78, 5) is 14.0. The van der Waals surface area contributed by atoms with Crippen molar-refractivity contribution in [2.45, 2.75) is 50.1 Å². The summed E-state index contributed by atoms with van der Waals surface area (Å²) in [6.07, 6.45) is -9.38. The average molecular weight is 557 g/mol. The number of piperidine rings is 1. The van der Waals surface area contributed by atoms with Gasteiger partial charge in [0.25, 0.3) is 5.91 Å². The molecule has 1 amide bonds. The van der Waals surface area contributed by atoms with Gasteiger partial charge in [0, 0.05) is 24.2 Å². The molecule has 1 aliphatic heterocycles. The first kappa shape index (κ1) is 30.2. The maximum Gasteiger partial charge on any atom is 0.511 e. The van der Waals surface area contributed by atoms with Crippen LogP contribution < -0.4 is 10.0 Å². The standard InChI is InChI=1S/C20H24F9N3O3S/c1-17(2,31-36(34,35)20(27,28)29)11-32-5-3-12(4-6-32)10-30-16(33)13-7-14(18(21,22)23)9-15(8-13)19(24,25)26/h7-9,12,31H,3-6,10-11H2,1-2H3,(H,30,33). The molecule has 0 bridgehead atoms. The van der Waals surface area contributed by atoms with Gasteiger partial charge >= 0.3 is 27.9 Å². The van der Waals surface area contributed by atoms with Crippen LogP contribution >= 0.6 is 0 Å². The molecule has 0 unspecified atom stereocenters. The topological polar surface area (TPSA) is 78.5 Å². The summed E-state index contributed by atoms with van der Waals surface area (Å²) in [6.45, 7) is 3.11. The van der Waals surface area contributed by atoms with Crippen LogP contribution in [-0.4, -0.2) is 56.5 Å². The van der Waals surface area contributed by atoms with Crippen LogP contribution in [0.5, 0.6) is 0 Å². The second-order valence-electron chi connectivity index (χ2n) is 9.16. The lowest BCUT2D eigenvalue weighted by atomic mass is 9.95. The number of nitrogens with one attached hydrogen (secondary N) is 2. The molecule has 16 heteroatoms. The lowest BCUT2D eigenvalue weighted by molar-refractivity contribution is -0.143. The van der Waals surface area contributed by atoms with Gasteiger partial charge < -0.3 is 10.2 Å². The average Bonchev–Trinajstić information content (AvgIpc) is 2.69. The van der Waals surface area contributed by atoms with Crippen LogP contribution in [0.25, 0.3) is 0 Å². The first-order valence-corrected chi connectivity index (χ1v) is 12.0. The number of likely N-dealkylation sites (tertiary alicyclic amines) is 1. The molecular formula is C20H24F9N3O3S. The third-order valence-corrected chi connectivity index (χ3v) is 6.87. The fourth-order valence-electron chi connectivity index (χ4n) is 3.79. The maximum atomic E-state index is 13.0. The number of benzene rings is 1. The molecule has 1 aliphatic rings. The number of alkyl halides is 9. The molecule has 1 aromatic carbocycles. The van der Waals surface area contributed by atoms with E-state index in [9.17, 15) is 52.7 Å². The van der Waals surface area contributed by atoms with Gasteiger partial charge in [-0.2, -0.15) is 39.5 Å². The molecule has 36 heavy (non-hydrogen) atoms. The number of rotatable bonds is 7. The summed E-state index contributed by atoms with van der Waals surface area (Å²) < 4.78 is 140. The molecule has 1 heterocycles. The molecule has 1 fully saturated rings. The Bertz CT molecular complexity index is 1010. The van der Waals surface area contributed by atoms with Gasteiger partial charge in [-0.25, -0.2) is 13.1 Å². The molecule has 0 saturated carbocycles. The quantitative estimate of drug-likeness (QED) is 0.488. The smallest absolute Gasteiger partial charge is 0.352 e. The Hall–Kier alpha value is -2.07. The van der Waals surface area contributed by atoms with Crippen molar-refractivity contribution in [3.63, 3.8) is 0 Å². The normalized spacial score (nSPS) is 17.3. The van der Waals surface area contributed by atoms with Crippen LogP contribution in [0.15, 0.2) is 18.2 Å². The predicted molar refractivity (Wildman–Crippen MR) is 110 cm³/mol. The highest BCUT2D eigenvalue weighted by Crippen LogP contribution is 2.36. The molecule has 0 aliphatic carbocycles. The molecule has 2 rings (SSSR count). The second kappa shape index (κ2) is 10.4. The van der Waals surface area contributed by atoms with Crippen molar-refractivity contribution in [3.8, 4) is 0 Å². The molecule has 1 aromatic rings. The van der Waals surface area contributed by atoms with Crippen molar-refractivity contribution in [2.75, 3.05) is 26.2 Å². The van der Waals surface area contributed by atoms with Crippen molar-refractivity contribution < 1.29 is 52.7 Å². The van der Waals surface area contributed by atoms with E-state index in [0.29, 0.717) is 38.1 Å². The molecule has 0 spiro atoms. The fraction of sp³-hybridized carbons (Fsp3) is 0.650. The number of hydrogen-bond acceptors (Lipinski definition) is 4. The van der Waals surface area contributed by atoms with Crippen molar-refractivity contribution in [1.82, 2.24) is 14.9 Å². The number of nitrogens with zero attached hydrogens (tertiary/aromatic N) is 1. The van der Waals surface area contributed by atoms with E-state index >= 15 is 0 Å². The third-order valence-electron chi connectivity index (χ3n) is 5.44. The monoisotopic (exact) mass is 557 g/mol. The zero-order chi connectivity index (χ0) is 27.7. The van der Waals surface area contributed by atoms with E-state index in [4.69, 9.17) is 0 Å². The first-order chi connectivity index (χ1) is 16.1. The Labute approximate surface area is 201 Å². The van der Waals surface area contributed by atoms with Crippen LogP contribution in [0.4, 0.5) is 39.5 Å². The lowest BCUT2D eigenvalue weighted by Crippen LogP contribution is -2.55. The lowest BCUT2D eigenvalue weighted by Gasteiger charge is -2.37. The summed E-state index contributed by atoms with van der Waals surface area (Å²) in [5.74, 6) is -1.32. The zero-order valence-corrected chi connectivity index (χ0v) is 19.9. The van der Waals surface area contributed by atoms with Crippen LogP contribution in [0.3, 0.4) is 0 Å². The largest absolute Gasteiger partial charge is 0.511 e. The van der Waals surface area contributed by atoms with Crippen molar-refractivity contribution in [2.24, 2.45) is 5.92 Å². The van der Waals surface area contributed by atoms with E-state index in [2.05, 4.69) is 5.32 Å². The van der Waals surface area contributed by atoms with Crippen LogP contribution in [0.2, 0.25) is 0 Å². The first-order valence-electron chi connectivity index (χ1n) is 10.5. The van der Waals surface area contributed by atoms with E-state index in [1.807, 2.05) is 0 Å². The van der Waals surface area contributed by atoms with Gasteiger partial charge in [0.05, 0.1) is 11.1 Å². The van der Waals surface area contributed by atoms with Crippen molar-refractivity contribution in [3.05, 3.63) is 34.9 Å². The highest BCUT2D eigenvalue weighted by molar-refractivity contribution is 7.90. The van der Waals surface area contributed by atoms with Gasteiger partial charge in [-0.3, -0.25) is 4.79 Å². The SMILES string of the molecule is CC(C)(CN1CCC(CNC(=O)c2cc(C(F)(F)F)cc(C(F)(F)F)c2)CC1)NS(=O)(=O)C(F)(F)F. The highest BCUT2D eigenvalue weighted by atomic mass is 32.2. The highest BCUT2D eigenvalue weighted by Gasteiger charge is 2.48. The molecule has 206 valence electrons. The van der Waals surface area contributed by atoms with Crippen LogP contribution in [-0.2, 0) is 22.4 Å². The Morgan fingerprint density at radius 3 is 1.81 bits per heavy atom. The molecule has 1 saturated heterocycles. The number of carbonyl (C=O) groups excluding carboxylic acids is 1. The molecule has 0 aromatic heterocycles. The summed E-state index contributed by atoms with van der Waals surface area (Å²) in [7, 11) is -5.55. The van der Waals surface area contributed by atoms with Crippen LogP contribution in [0.1, 0.15) is 48.2 Å².